The maximum Gasteiger partial charge on any atom is 0.181 e. The highest BCUT2D eigenvalue weighted by molar-refractivity contribution is 7.13. The number of hydrogen-bond donors (Lipinski definition) is 0. The molecule has 0 spiro atoms. The number of carbonyl (C=O) groups excluding carboxylic acids is 1. The van der Waals surface area contributed by atoms with E-state index in [2.05, 4.69) is 9.97 Å². The van der Waals surface area contributed by atoms with Crippen molar-refractivity contribution in [1.29, 1.82) is 0 Å². The van der Waals surface area contributed by atoms with Crippen LogP contribution in [0.15, 0.2) is 30.7 Å². The van der Waals surface area contributed by atoms with Crippen molar-refractivity contribution in [2.24, 2.45) is 0 Å². The fourth-order valence-corrected chi connectivity index (χ4v) is 2.30. The second kappa shape index (κ2) is 4.53. The van der Waals surface area contributed by atoms with Gasteiger partial charge in [0, 0.05) is 24.5 Å². The molecule has 0 aliphatic heterocycles. The number of aryl methyl sites for hydroxylation is 1. The topological polar surface area (TPSA) is 42.9 Å². The van der Waals surface area contributed by atoms with Crippen LogP contribution in [0.5, 0.6) is 0 Å². The number of nitrogens with zero attached hydrogens (tertiary/aromatic N) is 2. The first-order chi connectivity index (χ1) is 7.68. The van der Waals surface area contributed by atoms with Crippen LogP contribution in [-0.2, 0) is 0 Å². The average molecular weight is 232 g/mol. The van der Waals surface area contributed by atoms with Gasteiger partial charge < -0.3 is 0 Å². The third-order valence-electron chi connectivity index (χ3n) is 2.46. The summed E-state index contributed by atoms with van der Waals surface area (Å²) in [5, 5.41) is 0.922. The standard InChI is InChI=1S/C12H12N2OS/c1-8(10-3-5-13-6-4-10)12(15)11-7-14-9(2)16-11/h3-8H,1-2H3. The normalized spacial score (nSPS) is 12.4. The van der Waals surface area contributed by atoms with Crippen molar-refractivity contribution in [3.8, 4) is 0 Å². The van der Waals surface area contributed by atoms with Gasteiger partial charge in [-0.1, -0.05) is 6.92 Å². The first-order valence-electron chi connectivity index (χ1n) is 5.05. The Morgan fingerprint density at radius 1 is 1.38 bits per heavy atom. The molecule has 4 heteroatoms. The zero-order valence-electron chi connectivity index (χ0n) is 9.18. The molecule has 0 fully saturated rings. The molecular formula is C12H12N2OS. The molecule has 0 N–H and O–H groups in total. The van der Waals surface area contributed by atoms with Gasteiger partial charge >= 0.3 is 0 Å². The molecule has 0 aliphatic rings. The molecule has 0 bridgehead atoms. The summed E-state index contributed by atoms with van der Waals surface area (Å²) in [7, 11) is 0. The molecule has 2 heterocycles. The first kappa shape index (κ1) is 11.0. The highest BCUT2D eigenvalue weighted by atomic mass is 32.1. The number of pyridine rings is 1. The van der Waals surface area contributed by atoms with Crippen molar-refractivity contribution in [3.05, 3.63) is 46.2 Å². The molecule has 2 aromatic heterocycles. The fraction of sp³-hybridized carbons (Fsp3) is 0.250. The van der Waals surface area contributed by atoms with Crippen molar-refractivity contribution in [2.75, 3.05) is 0 Å². The number of hydrogen-bond acceptors (Lipinski definition) is 4. The highest BCUT2D eigenvalue weighted by Gasteiger charge is 2.18. The van der Waals surface area contributed by atoms with Crippen LogP contribution in [0.4, 0.5) is 0 Å². The van der Waals surface area contributed by atoms with Crippen LogP contribution >= 0.6 is 11.3 Å². The van der Waals surface area contributed by atoms with Crippen molar-refractivity contribution in [1.82, 2.24) is 9.97 Å². The highest BCUT2D eigenvalue weighted by Crippen LogP contribution is 2.23. The maximum atomic E-state index is 12.1. The lowest BCUT2D eigenvalue weighted by Crippen LogP contribution is -2.07. The molecule has 0 saturated heterocycles. The van der Waals surface area contributed by atoms with E-state index in [-0.39, 0.29) is 11.7 Å². The van der Waals surface area contributed by atoms with Crippen molar-refractivity contribution in [3.63, 3.8) is 0 Å². The average Bonchev–Trinajstić information content (AvgIpc) is 2.75. The number of aromatic nitrogens is 2. The lowest BCUT2D eigenvalue weighted by atomic mass is 9.97. The zero-order chi connectivity index (χ0) is 11.5. The van der Waals surface area contributed by atoms with E-state index in [0.717, 1.165) is 15.4 Å². The Bertz CT molecular complexity index is 493. The lowest BCUT2D eigenvalue weighted by molar-refractivity contribution is 0.0970. The van der Waals surface area contributed by atoms with Gasteiger partial charge in [0.2, 0.25) is 0 Å². The summed E-state index contributed by atoms with van der Waals surface area (Å²) in [5.41, 5.74) is 0.992. The van der Waals surface area contributed by atoms with Gasteiger partial charge in [-0.2, -0.15) is 0 Å². The Labute approximate surface area is 98.2 Å². The summed E-state index contributed by atoms with van der Waals surface area (Å²) >= 11 is 1.44. The molecule has 82 valence electrons. The van der Waals surface area contributed by atoms with Gasteiger partial charge in [-0.15, -0.1) is 11.3 Å². The van der Waals surface area contributed by atoms with Crippen molar-refractivity contribution in [2.45, 2.75) is 19.8 Å². The Kier molecular flexibility index (Phi) is 3.10. The van der Waals surface area contributed by atoms with Gasteiger partial charge in [0.05, 0.1) is 9.88 Å². The quantitative estimate of drug-likeness (QED) is 0.764. The summed E-state index contributed by atoms with van der Waals surface area (Å²) in [6, 6.07) is 3.74. The molecule has 1 atom stereocenters. The van der Waals surface area contributed by atoms with Gasteiger partial charge in [-0.05, 0) is 24.6 Å². The molecule has 0 amide bonds. The van der Waals surface area contributed by atoms with Crippen molar-refractivity contribution >= 4 is 17.1 Å². The van der Waals surface area contributed by atoms with Crippen LogP contribution in [0.2, 0.25) is 0 Å². The van der Waals surface area contributed by atoms with E-state index in [9.17, 15) is 4.79 Å². The second-order valence-corrected chi connectivity index (χ2v) is 4.84. The minimum absolute atomic E-state index is 0.122. The summed E-state index contributed by atoms with van der Waals surface area (Å²) in [6.07, 6.45) is 5.06. The molecule has 0 radical (unpaired) electrons. The predicted octanol–water partition coefficient (Wildman–Crippen LogP) is 2.83. The smallest absolute Gasteiger partial charge is 0.181 e. The van der Waals surface area contributed by atoms with E-state index in [4.69, 9.17) is 0 Å². The Morgan fingerprint density at radius 3 is 2.62 bits per heavy atom. The van der Waals surface area contributed by atoms with Crippen LogP contribution in [-0.4, -0.2) is 15.8 Å². The van der Waals surface area contributed by atoms with E-state index in [1.54, 1.807) is 18.6 Å². The molecule has 0 aliphatic carbocycles. The van der Waals surface area contributed by atoms with E-state index in [0.29, 0.717) is 0 Å². The Hall–Kier alpha value is -1.55. The molecule has 0 aromatic carbocycles. The SMILES string of the molecule is Cc1ncc(C(=O)C(C)c2ccncc2)s1. The van der Waals surface area contributed by atoms with Crippen LogP contribution in [0.1, 0.15) is 33.1 Å². The summed E-state index contributed by atoms with van der Waals surface area (Å²) in [6.45, 7) is 3.81. The number of Topliss-reactive ketones (excluding diaryl/α,β-unsaturated/α-hetero) is 1. The Balaban J connectivity index is 2.23. The number of ketones is 1. The van der Waals surface area contributed by atoms with Gasteiger partial charge in [-0.25, -0.2) is 4.98 Å². The molecule has 2 aromatic rings. The molecule has 16 heavy (non-hydrogen) atoms. The molecule has 0 saturated carbocycles. The van der Waals surface area contributed by atoms with Crippen LogP contribution in [0.25, 0.3) is 0 Å². The summed E-state index contributed by atoms with van der Waals surface area (Å²) in [5.74, 6) is -0.0142. The van der Waals surface area contributed by atoms with Crippen LogP contribution in [0.3, 0.4) is 0 Å². The van der Waals surface area contributed by atoms with E-state index in [1.807, 2.05) is 26.0 Å². The molecular weight excluding hydrogens is 220 g/mol. The fourth-order valence-electron chi connectivity index (χ4n) is 1.49. The monoisotopic (exact) mass is 232 g/mol. The Morgan fingerprint density at radius 2 is 2.06 bits per heavy atom. The zero-order valence-corrected chi connectivity index (χ0v) is 9.99. The largest absolute Gasteiger partial charge is 0.293 e. The number of rotatable bonds is 3. The van der Waals surface area contributed by atoms with Gasteiger partial charge in [0.25, 0.3) is 0 Å². The number of carbonyl (C=O) groups is 1. The van der Waals surface area contributed by atoms with Gasteiger partial charge in [0.1, 0.15) is 0 Å². The van der Waals surface area contributed by atoms with Crippen LogP contribution in [0, 0.1) is 6.92 Å². The minimum atomic E-state index is -0.136. The van der Waals surface area contributed by atoms with Crippen LogP contribution < -0.4 is 0 Å². The van der Waals surface area contributed by atoms with Gasteiger partial charge in [0.15, 0.2) is 5.78 Å². The van der Waals surface area contributed by atoms with Crippen molar-refractivity contribution < 1.29 is 4.79 Å². The van der Waals surface area contributed by atoms with E-state index in [1.165, 1.54) is 11.3 Å². The summed E-state index contributed by atoms with van der Waals surface area (Å²) < 4.78 is 0. The molecule has 1 unspecified atom stereocenters. The van der Waals surface area contributed by atoms with E-state index < -0.39 is 0 Å². The summed E-state index contributed by atoms with van der Waals surface area (Å²) in [4.78, 5) is 20.9. The van der Waals surface area contributed by atoms with Gasteiger partial charge in [-0.3, -0.25) is 9.78 Å². The minimum Gasteiger partial charge on any atom is -0.293 e. The predicted molar refractivity (Wildman–Crippen MR) is 63.8 cm³/mol. The third-order valence-corrected chi connectivity index (χ3v) is 3.39. The third kappa shape index (κ3) is 2.17. The first-order valence-corrected chi connectivity index (χ1v) is 5.86. The number of thiazole rings is 1. The lowest BCUT2D eigenvalue weighted by Gasteiger charge is -2.08. The molecule has 2 rings (SSSR count). The maximum absolute atomic E-state index is 12.1. The van der Waals surface area contributed by atoms with E-state index >= 15 is 0 Å². The molecule has 3 nitrogen and oxygen atoms in total. The second-order valence-electron chi connectivity index (χ2n) is 3.61.